The van der Waals surface area contributed by atoms with Crippen molar-refractivity contribution in [3.8, 4) is 0 Å². The molecule has 0 unspecified atom stereocenters. The third-order valence-electron chi connectivity index (χ3n) is 2.51. The molecule has 1 N–H and O–H groups in total. The van der Waals surface area contributed by atoms with E-state index in [-0.39, 0.29) is 5.56 Å². The quantitative estimate of drug-likeness (QED) is 0.736. The minimum Gasteiger partial charge on any atom is -0.316 e. The average Bonchev–Trinajstić information content (AvgIpc) is 2.21. The van der Waals surface area contributed by atoms with Gasteiger partial charge in [-0.15, -0.1) is 0 Å². The molecular formula is C13H19F2N. The fourth-order valence-corrected chi connectivity index (χ4v) is 1.50. The van der Waals surface area contributed by atoms with Gasteiger partial charge in [-0.3, -0.25) is 0 Å². The highest BCUT2D eigenvalue weighted by atomic mass is 19.1. The molecule has 3 heteroatoms. The van der Waals surface area contributed by atoms with Gasteiger partial charge in [0, 0.05) is 5.56 Å². The number of benzene rings is 1. The maximum absolute atomic E-state index is 13.2. The van der Waals surface area contributed by atoms with E-state index < -0.39 is 11.6 Å². The predicted octanol–water partition coefficient (Wildman–Crippen LogP) is 3.14. The van der Waals surface area contributed by atoms with Gasteiger partial charge in [0.2, 0.25) is 0 Å². The zero-order valence-corrected chi connectivity index (χ0v) is 9.89. The van der Waals surface area contributed by atoms with E-state index in [1.807, 2.05) is 0 Å². The van der Waals surface area contributed by atoms with E-state index in [4.69, 9.17) is 0 Å². The Bertz CT molecular complexity index is 303. The van der Waals surface area contributed by atoms with Crippen LogP contribution in [0.2, 0.25) is 0 Å². The van der Waals surface area contributed by atoms with Crippen LogP contribution >= 0.6 is 0 Å². The number of hydrogen-bond donors (Lipinski definition) is 1. The summed E-state index contributed by atoms with van der Waals surface area (Å²) in [7, 11) is 0. The molecular weight excluding hydrogens is 208 g/mol. The van der Waals surface area contributed by atoms with Crippen molar-refractivity contribution in [3.05, 3.63) is 35.4 Å². The molecule has 0 saturated heterocycles. The van der Waals surface area contributed by atoms with Gasteiger partial charge in [0.1, 0.15) is 11.6 Å². The Morgan fingerprint density at radius 2 is 1.75 bits per heavy atom. The van der Waals surface area contributed by atoms with Crippen LogP contribution in [-0.2, 0) is 6.42 Å². The van der Waals surface area contributed by atoms with E-state index in [0.29, 0.717) is 18.9 Å². The summed E-state index contributed by atoms with van der Waals surface area (Å²) in [6.45, 7) is 5.81. The first-order chi connectivity index (χ1) is 7.61. The van der Waals surface area contributed by atoms with Crippen molar-refractivity contribution < 1.29 is 8.78 Å². The summed E-state index contributed by atoms with van der Waals surface area (Å²) in [6.07, 6.45) is 1.48. The molecule has 1 aromatic rings. The van der Waals surface area contributed by atoms with E-state index in [0.717, 1.165) is 13.0 Å². The lowest BCUT2D eigenvalue weighted by Gasteiger charge is -2.08. The van der Waals surface area contributed by atoms with Crippen LogP contribution in [-0.4, -0.2) is 13.1 Å². The van der Waals surface area contributed by atoms with Crippen LogP contribution in [0.3, 0.4) is 0 Å². The van der Waals surface area contributed by atoms with Gasteiger partial charge in [0.25, 0.3) is 0 Å². The van der Waals surface area contributed by atoms with Crippen LogP contribution in [0.5, 0.6) is 0 Å². The summed E-state index contributed by atoms with van der Waals surface area (Å²) in [5.41, 5.74) is 0.180. The van der Waals surface area contributed by atoms with E-state index in [2.05, 4.69) is 19.2 Å². The Morgan fingerprint density at radius 1 is 1.12 bits per heavy atom. The minimum atomic E-state index is -0.453. The fourth-order valence-electron chi connectivity index (χ4n) is 1.50. The van der Waals surface area contributed by atoms with Crippen LogP contribution < -0.4 is 5.32 Å². The zero-order valence-electron chi connectivity index (χ0n) is 9.89. The molecule has 0 amide bonds. The summed E-state index contributed by atoms with van der Waals surface area (Å²) in [5, 5.41) is 3.19. The topological polar surface area (TPSA) is 12.0 Å². The average molecular weight is 227 g/mol. The van der Waals surface area contributed by atoms with E-state index >= 15 is 0 Å². The molecule has 0 aliphatic carbocycles. The molecule has 0 bridgehead atoms. The second-order valence-electron chi connectivity index (χ2n) is 4.38. The lowest BCUT2D eigenvalue weighted by molar-refractivity contribution is 0.521. The predicted molar refractivity (Wildman–Crippen MR) is 62.4 cm³/mol. The monoisotopic (exact) mass is 227 g/mol. The molecule has 1 nitrogen and oxygen atoms in total. The minimum absolute atomic E-state index is 0.180. The number of rotatable bonds is 6. The van der Waals surface area contributed by atoms with Crippen molar-refractivity contribution in [2.45, 2.75) is 26.7 Å². The largest absolute Gasteiger partial charge is 0.316 e. The highest BCUT2D eigenvalue weighted by molar-refractivity contribution is 5.19. The second kappa shape index (κ2) is 6.59. The molecule has 0 saturated carbocycles. The lowest BCUT2D eigenvalue weighted by atomic mass is 10.1. The molecule has 0 spiro atoms. The van der Waals surface area contributed by atoms with Gasteiger partial charge in [-0.2, -0.15) is 0 Å². The summed E-state index contributed by atoms with van der Waals surface area (Å²) in [4.78, 5) is 0. The SMILES string of the molecule is CC(C)CCNCCc1c(F)cccc1F. The fraction of sp³-hybridized carbons (Fsp3) is 0.538. The van der Waals surface area contributed by atoms with Crippen LogP contribution in [0.1, 0.15) is 25.8 Å². The first kappa shape index (κ1) is 13.1. The van der Waals surface area contributed by atoms with Crippen molar-refractivity contribution in [1.29, 1.82) is 0 Å². The molecule has 0 aliphatic rings. The smallest absolute Gasteiger partial charge is 0.129 e. The first-order valence-electron chi connectivity index (χ1n) is 5.75. The van der Waals surface area contributed by atoms with Crippen molar-refractivity contribution in [2.75, 3.05) is 13.1 Å². The Labute approximate surface area is 95.9 Å². The number of nitrogens with one attached hydrogen (secondary N) is 1. The molecule has 16 heavy (non-hydrogen) atoms. The Morgan fingerprint density at radius 3 is 2.31 bits per heavy atom. The molecule has 0 aromatic heterocycles. The second-order valence-corrected chi connectivity index (χ2v) is 4.38. The van der Waals surface area contributed by atoms with Crippen LogP contribution in [0.25, 0.3) is 0 Å². The number of hydrogen-bond acceptors (Lipinski definition) is 1. The van der Waals surface area contributed by atoms with Gasteiger partial charge < -0.3 is 5.32 Å². The molecule has 0 radical (unpaired) electrons. The highest BCUT2D eigenvalue weighted by Crippen LogP contribution is 2.11. The first-order valence-corrected chi connectivity index (χ1v) is 5.75. The van der Waals surface area contributed by atoms with Gasteiger partial charge in [-0.1, -0.05) is 19.9 Å². The zero-order chi connectivity index (χ0) is 12.0. The molecule has 0 fully saturated rings. The van der Waals surface area contributed by atoms with Crippen molar-refractivity contribution in [3.63, 3.8) is 0 Å². The van der Waals surface area contributed by atoms with E-state index in [1.165, 1.54) is 18.2 Å². The maximum atomic E-state index is 13.2. The highest BCUT2D eigenvalue weighted by Gasteiger charge is 2.07. The summed E-state index contributed by atoms with van der Waals surface area (Å²) in [6, 6.07) is 3.99. The maximum Gasteiger partial charge on any atom is 0.129 e. The Hall–Kier alpha value is -0.960. The van der Waals surface area contributed by atoms with Crippen LogP contribution in [0.15, 0.2) is 18.2 Å². The van der Waals surface area contributed by atoms with Crippen molar-refractivity contribution >= 4 is 0 Å². The third-order valence-corrected chi connectivity index (χ3v) is 2.51. The van der Waals surface area contributed by atoms with Crippen LogP contribution in [0.4, 0.5) is 8.78 Å². The molecule has 0 heterocycles. The van der Waals surface area contributed by atoms with Gasteiger partial charge in [0.15, 0.2) is 0 Å². The van der Waals surface area contributed by atoms with Crippen LogP contribution in [0, 0.1) is 17.6 Å². The lowest BCUT2D eigenvalue weighted by Crippen LogP contribution is -2.20. The molecule has 0 atom stereocenters. The molecule has 90 valence electrons. The molecule has 1 rings (SSSR count). The Kier molecular flexibility index (Phi) is 5.39. The number of halogens is 2. The van der Waals surface area contributed by atoms with Gasteiger partial charge >= 0.3 is 0 Å². The van der Waals surface area contributed by atoms with Gasteiger partial charge in [-0.25, -0.2) is 8.78 Å². The van der Waals surface area contributed by atoms with Crippen molar-refractivity contribution in [1.82, 2.24) is 5.32 Å². The summed E-state index contributed by atoms with van der Waals surface area (Å²) < 4.78 is 26.4. The van der Waals surface area contributed by atoms with Gasteiger partial charge in [0.05, 0.1) is 0 Å². The molecule has 0 aliphatic heterocycles. The van der Waals surface area contributed by atoms with E-state index in [1.54, 1.807) is 0 Å². The summed E-state index contributed by atoms with van der Waals surface area (Å²) in [5.74, 6) is -0.256. The summed E-state index contributed by atoms with van der Waals surface area (Å²) >= 11 is 0. The van der Waals surface area contributed by atoms with E-state index in [9.17, 15) is 8.78 Å². The van der Waals surface area contributed by atoms with Crippen molar-refractivity contribution in [2.24, 2.45) is 5.92 Å². The standard InChI is InChI=1S/C13H19F2N/c1-10(2)6-8-16-9-7-11-12(14)4-3-5-13(11)15/h3-5,10,16H,6-9H2,1-2H3. The molecule has 1 aromatic carbocycles. The third kappa shape index (κ3) is 4.27. The van der Waals surface area contributed by atoms with Gasteiger partial charge in [-0.05, 0) is 44.0 Å². The Balaban J connectivity index is 2.32. The normalized spacial score (nSPS) is 11.1.